The van der Waals surface area contributed by atoms with Crippen LogP contribution in [0.3, 0.4) is 0 Å². The minimum Gasteiger partial charge on any atom is -0.326 e. The maximum atomic E-state index is 12.5. The predicted octanol–water partition coefficient (Wildman–Crippen LogP) is 1.74. The molecule has 0 radical (unpaired) electrons. The molecular formula is C19H25N3O3. The molecule has 2 fully saturated rings. The number of carbonyl (C=O) groups excluding carboxylic acids is 3. The van der Waals surface area contributed by atoms with E-state index in [4.69, 9.17) is 5.73 Å². The molecule has 0 aromatic heterocycles. The van der Waals surface area contributed by atoms with Gasteiger partial charge in [0.1, 0.15) is 0 Å². The zero-order valence-corrected chi connectivity index (χ0v) is 14.5. The Hall–Kier alpha value is -2.21. The summed E-state index contributed by atoms with van der Waals surface area (Å²) >= 11 is 0. The first-order valence-corrected chi connectivity index (χ1v) is 8.87. The van der Waals surface area contributed by atoms with E-state index in [1.165, 1.54) is 0 Å². The predicted molar refractivity (Wildman–Crippen MR) is 94.6 cm³/mol. The molecule has 4 N–H and O–H groups in total. The number of rotatable bonds is 4. The highest BCUT2D eigenvalue weighted by molar-refractivity contribution is 6.03. The Balaban J connectivity index is 1.60. The first-order valence-electron chi connectivity index (χ1n) is 8.87. The smallest absolute Gasteiger partial charge is 0.230 e. The number of nitrogens with two attached hydrogens (primary N) is 1. The van der Waals surface area contributed by atoms with Gasteiger partial charge in [-0.3, -0.25) is 19.7 Å². The van der Waals surface area contributed by atoms with Crippen LogP contribution in [0.2, 0.25) is 0 Å². The molecule has 1 saturated heterocycles. The minimum absolute atomic E-state index is 0.0294. The summed E-state index contributed by atoms with van der Waals surface area (Å²) in [7, 11) is 0. The van der Waals surface area contributed by atoms with E-state index in [0.29, 0.717) is 6.42 Å². The van der Waals surface area contributed by atoms with Crippen LogP contribution in [0.25, 0.3) is 0 Å². The molecule has 1 aliphatic carbocycles. The summed E-state index contributed by atoms with van der Waals surface area (Å²) in [5.74, 6) is -0.918. The van der Waals surface area contributed by atoms with Gasteiger partial charge < -0.3 is 11.1 Å². The largest absolute Gasteiger partial charge is 0.326 e. The fraction of sp³-hybridized carbons (Fsp3) is 0.526. The van der Waals surface area contributed by atoms with E-state index in [1.54, 1.807) is 0 Å². The number of amides is 3. The molecule has 6 nitrogen and oxygen atoms in total. The third-order valence-electron chi connectivity index (χ3n) is 5.34. The first kappa shape index (κ1) is 17.6. The molecule has 3 rings (SSSR count). The molecule has 1 aromatic rings. The zero-order chi connectivity index (χ0) is 18.0. The highest BCUT2D eigenvalue weighted by Gasteiger charge is 2.37. The summed E-state index contributed by atoms with van der Waals surface area (Å²) in [5, 5.41) is 5.27. The third-order valence-corrected chi connectivity index (χ3v) is 5.34. The first-order chi connectivity index (χ1) is 11.8. The van der Waals surface area contributed by atoms with Crippen molar-refractivity contribution in [3.63, 3.8) is 0 Å². The lowest BCUT2D eigenvalue weighted by molar-refractivity contribution is -0.126. The average Bonchev–Trinajstić information content (AvgIpc) is 2.86. The highest BCUT2D eigenvalue weighted by atomic mass is 16.2. The van der Waals surface area contributed by atoms with Gasteiger partial charge in [0.05, 0.1) is 11.8 Å². The number of imide groups is 1. The second kappa shape index (κ2) is 6.96. The lowest BCUT2D eigenvalue weighted by Crippen LogP contribution is -2.51. The quantitative estimate of drug-likeness (QED) is 0.725. The van der Waals surface area contributed by atoms with E-state index >= 15 is 0 Å². The molecule has 0 spiro atoms. The van der Waals surface area contributed by atoms with Gasteiger partial charge >= 0.3 is 0 Å². The van der Waals surface area contributed by atoms with Crippen molar-refractivity contribution < 1.29 is 14.4 Å². The Bertz CT molecular complexity index is 682. The standard InChI is InChI=1S/C19H25N3O3/c1-19(20)9-3-2-4-15(19)18(25)21-14-7-5-12(6-8-14)10-13-11-16(23)22-17(13)24/h5-8,13,15H,2-4,9-11,20H2,1H3,(H,21,25)(H,22,23,24). The molecule has 3 atom stereocenters. The molecule has 0 bridgehead atoms. The molecule has 1 aromatic carbocycles. The molecule has 6 heteroatoms. The molecule has 2 aliphatic rings. The van der Waals surface area contributed by atoms with Gasteiger partial charge in [0.15, 0.2) is 0 Å². The molecule has 3 amide bonds. The summed E-state index contributed by atoms with van der Waals surface area (Å²) in [6, 6.07) is 7.43. The SMILES string of the molecule is CC1(N)CCCCC1C(=O)Nc1ccc(CC2CC(=O)NC2=O)cc1. The van der Waals surface area contributed by atoms with Gasteiger partial charge in [0.25, 0.3) is 0 Å². The van der Waals surface area contributed by atoms with Crippen LogP contribution in [-0.2, 0) is 20.8 Å². The number of hydrogen-bond acceptors (Lipinski definition) is 4. The van der Waals surface area contributed by atoms with Gasteiger partial charge in [-0.1, -0.05) is 25.0 Å². The number of nitrogens with one attached hydrogen (secondary N) is 2. The highest BCUT2D eigenvalue weighted by Crippen LogP contribution is 2.32. The number of carbonyl (C=O) groups is 3. The van der Waals surface area contributed by atoms with Crippen molar-refractivity contribution in [1.29, 1.82) is 0 Å². The number of anilines is 1. The van der Waals surface area contributed by atoms with E-state index in [1.807, 2.05) is 31.2 Å². The lowest BCUT2D eigenvalue weighted by Gasteiger charge is -2.37. The number of hydrogen-bond donors (Lipinski definition) is 3. The van der Waals surface area contributed by atoms with E-state index in [9.17, 15) is 14.4 Å². The number of benzene rings is 1. The maximum Gasteiger partial charge on any atom is 0.230 e. The molecule has 3 unspecified atom stereocenters. The Labute approximate surface area is 147 Å². The summed E-state index contributed by atoms with van der Waals surface area (Å²) in [6.07, 6.45) is 4.56. The fourth-order valence-corrected chi connectivity index (χ4v) is 3.80. The zero-order valence-electron chi connectivity index (χ0n) is 14.5. The molecule has 1 saturated carbocycles. The van der Waals surface area contributed by atoms with Crippen LogP contribution >= 0.6 is 0 Å². The average molecular weight is 343 g/mol. The molecule has 25 heavy (non-hydrogen) atoms. The van der Waals surface area contributed by atoms with Crippen LogP contribution in [-0.4, -0.2) is 23.3 Å². The molecule has 1 heterocycles. The van der Waals surface area contributed by atoms with Crippen LogP contribution in [0.4, 0.5) is 5.69 Å². The topological polar surface area (TPSA) is 101 Å². The summed E-state index contributed by atoms with van der Waals surface area (Å²) in [6.45, 7) is 1.95. The second-order valence-electron chi connectivity index (χ2n) is 7.51. The van der Waals surface area contributed by atoms with E-state index in [0.717, 1.165) is 36.9 Å². The maximum absolute atomic E-state index is 12.5. The van der Waals surface area contributed by atoms with Crippen LogP contribution in [0.1, 0.15) is 44.6 Å². The summed E-state index contributed by atoms with van der Waals surface area (Å²) in [4.78, 5) is 35.4. The van der Waals surface area contributed by atoms with Crippen molar-refractivity contribution in [3.8, 4) is 0 Å². The second-order valence-corrected chi connectivity index (χ2v) is 7.51. The van der Waals surface area contributed by atoms with E-state index in [2.05, 4.69) is 10.6 Å². The van der Waals surface area contributed by atoms with E-state index in [-0.39, 0.29) is 36.0 Å². The lowest BCUT2D eigenvalue weighted by atomic mass is 9.74. The third kappa shape index (κ3) is 4.07. The van der Waals surface area contributed by atoms with Gasteiger partial charge in [0, 0.05) is 17.6 Å². The Morgan fingerprint density at radius 3 is 2.60 bits per heavy atom. The minimum atomic E-state index is -0.454. The Morgan fingerprint density at radius 1 is 1.28 bits per heavy atom. The Kier molecular flexibility index (Phi) is 4.90. The van der Waals surface area contributed by atoms with Crippen molar-refractivity contribution >= 4 is 23.4 Å². The van der Waals surface area contributed by atoms with Gasteiger partial charge in [-0.05, 0) is 43.9 Å². The van der Waals surface area contributed by atoms with Gasteiger partial charge in [0.2, 0.25) is 17.7 Å². The van der Waals surface area contributed by atoms with Crippen molar-refractivity contribution in [1.82, 2.24) is 5.32 Å². The normalized spacial score (nSPS) is 29.4. The van der Waals surface area contributed by atoms with Crippen LogP contribution in [0.5, 0.6) is 0 Å². The van der Waals surface area contributed by atoms with Gasteiger partial charge in [-0.25, -0.2) is 0 Å². The summed E-state index contributed by atoms with van der Waals surface area (Å²) < 4.78 is 0. The van der Waals surface area contributed by atoms with Crippen molar-refractivity contribution in [2.45, 2.75) is 51.0 Å². The monoisotopic (exact) mass is 343 g/mol. The van der Waals surface area contributed by atoms with E-state index < -0.39 is 5.54 Å². The Morgan fingerprint density at radius 2 is 2.00 bits per heavy atom. The molecular weight excluding hydrogens is 318 g/mol. The molecule has 134 valence electrons. The van der Waals surface area contributed by atoms with Gasteiger partial charge in [-0.2, -0.15) is 0 Å². The molecule has 1 aliphatic heterocycles. The van der Waals surface area contributed by atoms with Crippen LogP contribution in [0, 0.1) is 11.8 Å². The van der Waals surface area contributed by atoms with Crippen molar-refractivity contribution in [2.24, 2.45) is 17.6 Å². The van der Waals surface area contributed by atoms with Crippen molar-refractivity contribution in [2.75, 3.05) is 5.32 Å². The van der Waals surface area contributed by atoms with Crippen LogP contribution in [0.15, 0.2) is 24.3 Å². The summed E-state index contributed by atoms with van der Waals surface area (Å²) in [5.41, 5.74) is 7.53. The van der Waals surface area contributed by atoms with Crippen LogP contribution < -0.4 is 16.4 Å². The van der Waals surface area contributed by atoms with Gasteiger partial charge in [-0.15, -0.1) is 0 Å². The van der Waals surface area contributed by atoms with Crippen molar-refractivity contribution in [3.05, 3.63) is 29.8 Å². The fourth-order valence-electron chi connectivity index (χ4n) is 3.80.